The predicted molar refractivity (Wildman–Crippen MR) is 85.8 cm³/mol. The van der Waals surface area contributed by atoms with E-state index in [2.05, 4.69) is 5.10 Å². The number of likely N-dealkylation sites (tertiary alicyclic amines) is 1. The number of fused-ring (bicyclic) bond motifs is 1. The van der Waals surface area contributed by atoms with Crippen molar-refractivity contribution < 1.29 is 19.4 Å². The van der Waals surface area contributed by atoms with E-state index < -0.39 is 5.97 Å². The number of carboxylic acid groups (broad SMARTS) is 1. The van der Waals surface area contributed by atoms with Gasteiger partial charge in [0.05, 0.1) is 23.1 Å². The first kappa shape index (κ1) is 15.9. The molecule has 0 aliphatic carbocycles. The molecule has 1 fully saturated rings. The number of amides is 1. The van der Waals surface area contributed by atoms with Gasteiger partial charge in [-0.25, -0.2) is 0 Å². The van der Waals surface area contributed by atoms with Crippen molar-refractivity contribution in [1.29, 1.82) is 0 Å². The van der Waals surface area contributed by atoms with Crippen molar-refractivity contribution in [3.05, 3.63) is 16.6 Å². The molecule has 0 saturated carbocycles. The van der Waals surface area contributed by atoms with Crippen LogP contribution in [0.4, 0.5) is 0 Å². The Balaban J connectivity index is 1.89. The standard InChI is InChI=1S/C15H19N3O4S/c1-8-11-6-12(23-15(11)17(2)16-8)14(21)18-7-10(22-3)4-9(18)5-13(19)20/h6,9-10H,4-5,7H2,1-3H3,(H,19,20). The summed E-state index contributed by atoms with van der Waals surface area (Å²) in [6.07, 6.45) is 0.387. The SMILES string of the molecule is COC1CC(CC(=O)O)N(C(=O)c2cc3c(C)nn(C)c3s2)C1. The van der Waals surface area contributed by atoms with Crippen LogP contribution in [0, 0.1) is 6.92 Å². The number of thiophene rings is 1. The van der Waals surface area contributed by atoms with Crippen molar-refractivity contribution in [2.75, 3.05) is 13.7 Å². The summed E-state index contributed by atoms with van der Waals surface area (Å²) in [5.74, 6) is -1.03. The quantitative estimate of drug-likeness (QED) is 0.917. The Kier molecular flexibility index (Phi) is 4.11. The highest BCUT2D eigenvalue weighted by molar-refractivity contribution is 7.20. The Morgan fingerprint density at radius 3 is 2.87 bits per heavy atom. The highest BCUT2D eigenvalue weighted by Gasteiger charge is 2.37. The van der Waals surface area contributed by atoms with E-state index in [0.29, 0.717) is 17.8 Å². The third-order valence-corrected chi connectivity index (χ3v) is 5.48. The Morgan fingerprint density at radius 1 is 1.52 bits per heavy atom. The number of aromatic nitrogens is 2. The lowest BCUT2D eigenvalue weighted by atomic mass is 10.1. The number of aliphatic carboxylic acids is 1. The summed E-state index contributed by atoms with van der Waals surface area (Å²) in [6.45, 7) is 2.34. The molecule has 8 heteroatoms. The second kappa shape index (κ2) is 5.93. The molecule has 2 aromatic rings. The van der Waals surface area contributed by atoms with Crippen molar-refractivity contribution in [3.8, 4) is 0 Å². The van der Waals surface area contributed by atoms with Crippen molar-refractivity contribution in [3.63, 3.8) is 0 Å². The number of hydrogen-bond donors (Lipinski definition) is 1. The summed E-state index contributed by atoms with van der Waals surface area (Å²) in [4.78, 5) is 27.1. The van der Waals surface area contributed by atoms with Crippen molar-refractivity contribution >= 4 is 33.4 Å². The van der Waals surface area contributed by atoms with E-state index in [1.54, 1.807) is 16.7 Å². The van der Waals surface area contributed by atoms with Gasteiger partial charge in [-0.3, -0.25) is 14.3 Å². The maximum Gasteiger partial charge on any atom is 0.305 e. The number of carbonyl (C=O) groups excluding carboxylic acids is 1. The minimum absolute atomic E-state index is 0.0585. The fourth-order valence-corrected chi connectivity index (χ4v) is 4.22. The first-order chi connectivity index (χ1) is 10.9. The van der Waals surface area contributed by atoms with E-state index in [-0.39, 0.29) is 24.5 Å². The lowest BCUT2D eigenvalue weighted by Gasteiger charge is -2.22. The Hall–Kier alpha value is -1.93. The average molecular weight is 337 g/mol. The van der Waals surface area contributed by atoms with Gasteiger partial charge in [0.25, 0.3) is 5.91 Å². The van der Waals surface area contributed by atoms with Gasteiger partial charge < -0.3 is 14.7 Å². The lowest BCUT2D eigenvalue weighted by Crippen LogP contribution is -2.36. The number of carboxylic acids is 1. The number of aryl methyl sites for hydroxylation is 2. The minimum Gasteiger partial charge on any atom is -0.481 e. The molecule has 3 heterocycles. The van der Waals surface area contributed by atoms with Gasteiger partial charge in [-0.2, -0.15) is 5.10 Å². The van der Waals surface area contributed by atoms with Gasteiger partial charge in [0.2, 0.25) is 0 Å². The van der Waals surface area contributed by atoms with Gasteiger partial charge in [-0.1, -0.05) is 0 Å². The summed E-state index contributed by atoms with van der Waals surface area (Å²) in [7, 11) is 3.44. The van der Waals surface area contributed by atoms with Crippen LogP contribution >= 0.6 is 11.3 Å². The lowest BCUT2D eigenvalue weighted by molar-refractivity contribution is -0.137. The Bertz CT molecular complexity index is 732. The molecule has 7 nitrogen and oxygen atoms in total. The molecule has 1 amide bonds. The van der Waals surface area contributed by atoms with Gasteiger partial charge in [0.1, 0.15) is 4.83 Å². The zero-order valence-electron chi connectivity index (χ0n) is 13.3. The fourth-order valence-electron chi connectivity index (χ4n) is 3.14. The molecule has 1 aliphatic rings. The molecular formula is C15H19N3O4S. The van der Waals surface area contributed by atoms with Crippen LogP contribution in [0.5, 0.6) is 0 Å². The second-order valence-corrected chi connectivity index (χ2v) is 6.87. The van der Waals surface area contributed by atoms with E-state index >= 15 is 0 Å². The monoisotopic (exact) mass is 337 g/mol. The van der Waals surface area contributed by atoms with Gasteiger partial charge in [0.15, 0.2) is 0 Å². The molecule has 0 bridgehead atoms. The number of methoxy groups -OCH3 is 1. The first-order valence-corrected chi connectivity index (χ1v) is 8.21. The molecule has 0 spiro atoms. The summed E-state index contributed by atoms with van der Waals surface area (Å²) in [5, 5.41) is 14.4. The summed E-state index contributed by atoms with van der Waals surface area (Å²) in [6, 6.07) is 1.53. The van der Waals surface area contributed by atoms with E-state index in [0.717, 1.165) is 15.9 Å². The van der Waals surface area contributed by atoms with Gasteiger partial charge in [0, 0.05) is 32.1 Å². The van der Waals surface area contributed by atoms with E-state index in [1.165, 1.54) is 11.3 Å². The van der Waals surface area contributed by atoms with Crippen LogP contribution in [0.1, 0.15) is 28.2 Å². The first-order valence-electron chi connectivity index (χ1n) is 7.39. The average Bonchev–Trinajstić information content (AvgIpc) is 3.15. The maximum atomic E-state index is 12.8. The number of carbonyl (C=O) groups is 2. The van der Waals surface area contributed by atoms with Gasteiger partial charge in [-0.05, 0) is 19.4 Å². The normalized spacial score (nSPS) is 21.3. The van der Waals surface area contributed by atoms with Crippen LogP contribution in [0.3, 0.4) is 0 Å². The molecule has 23 heavy (non-hydrogen) atoms. The minimum atomic E-state index is -0.902. The molecule has 2 atom stereocenters. The molecule has 2 unspecified atom stereocenters. The zero-order chi connectivity index (χ0) is 16.7. The smallest absolute Gasteiger partial charge is 0.305 e. The summed E-state index contributed by atoms with van der Waals surface area (Å²) < 4.78 is 7.09. The van der Waals surface area contributed by atoms with Crippen molar-refractivity contribution in [2.24, 2.45) is 7.05 Å². The largest absolute Gasteiger partial charge is 0.481 e. The molecule has 3 rings (SSSR count). The highest BCUT2D eigenvalue weighted by atomic mass is 32.1. The predicted octanol–water partition coefficient (Wildman–Crippen LogP) is 1.65. The molecule has 1 saturated heterocycles. The van der Waals surface area contributed by atoms with Crippen LogP contribution in [0.15, 0.2) is 6.07 Å². The van der Waals surface area contributed by atoms with E-state index in [1.807, 2.05) is 20.0 Å². The van der Waals surface area contributed by atoms with Crippen LogP contribution < -0.4 is 0 Å². The molecule has 2 aromatic heterocycles. The summed E-state index contributed by atoms with van der Waals surface area (Å²) in [5.41, 5.74) is 0.885. The zero-order valence-corrected chi connectivity index (χ0v) is 14.1. The molecule has 0 aromatic carbocycles. The maximum absolute atomic E-state index is 12.8. The number of hydrogen-bond acceptors (Lipinski definition) is 5. The Labute approximate surface area is 137 Å². The number of ether oxygens (including phenoxy) is 1. The molecule has 0 radical (unpaired) electrons. The van der Waals surface area contributed by atoms with E-state index in [4.69, 9.17) is 9.84 Å². The van der Waals surface area contributed by atoms with Crippen LogP contribution in [-0.4, -0.2) is 57.5 Å². The molecule has 124 valence electrons. The topological polar surface area (TPSA) is 84.7 Å². The molecular weight excluding hydrogens is 318 g/mol. The van der Waals surface area contributed by atoms with Crippen LogP contribution in [0.2, 0.25) is 0 Å². The van der Waals surface area contributed by atoms with Gasteiger partial charge in [-0.15, -0.1) is 11.3 Å². The van der Waals surface area contributed by atoms with Crippen molar-refractivity contribution in [2.45, 2.75) is 31.9 Å². The number of nitrogens with zero attached hydrogens (tertiary/aromatic N) is 3. The Morgan fingerprint density at radius 2 is 2.26 bits per heavy atom. The van der Waals surface area contributed by atoms with Crippen LogP contribution in [0.25, 0.3) is 10.2 Å². The third-order valence-electron chi connectivity index (χ3n) is 4.29. The van der Waals surface area contributed by atoms with Gasteiger partial charge >= 0.3 is 5.97 Å². The van der Waals surface area contributed by atoms with Crippen molar-refractivity contribution in [1.82, 2.24) is 14.7 Å². The van der Waals surface area contributed by atoms with E-state index in [9.17, 15) is 9.59 Å². The molecule has 1 N–H and O–H groups in total. The fraction of sp³-hybridized carbons (Fsp3) is 0.533. The second-order valence-electron chi connectivity index (χ2n) is 5.84. The third kappa shape index (κ3) is 2.84. The highest BCUT2D eigenvalue weighted by Crippen LogP contribution is 2.31. The molecule has 1 aliphatic heterocycles. The number of rotatable bonds is 4. The van der Waals surface area contributed by atoms with Crippen LogP contribution in [-0.2, 0) is 16.6 Å². The summed E-state index contributed by atoms with van der Waals surface area (Å²) >= 11 is 1.39.